The first-order valence-corrected chi connectivity index (χ1v) is 13.8. The number of ketones is 1. The van der Waals surface area contributed by atoms with Crippen molar-refractivity contribution < 1.29 is 19.5 Å². The van der Waals surface area contributed by atoms with Crippen LogP contribution in [0.1, 0.15) is 78.1 Å². The zero-order valence-corrected chi connectivity index (χ0v) is 20.6. The Morgan fingerprint density at radius 3 is 1.72 bits per heavy atom. The number of Topliss-reactive ketones (excluding diaryl/α,β-unsaturated/α-hetero) is 1. The van der Waals surface area contributed by atoms with Crippen LogP contribution in [0.25, 0.3) is 0 Å². The normalized spacial score (nSPS) is 12.0. The monoisotopic (exact) mass is 454 g/mol. The molecule has 0 aliphatic heterocycles. The fourth-order valence-electron chi connectivity index (χ4n) is 4.47. The number of aliphatic carboxylic acids is 1. The van der Waals surface area contributed by atoms with Crippen LogP contribution in [0, 0.1) is 0 Å². The Labute approximate surface area is 193 Å². The van der Waals surface area contributed by atoms with E-state index in [-0.39, 0.29) is 17.2 Å². The molecule has 0 unspecified atom stereocenters. The molecule has 0 amide bonds. The Hall–Kier alpha value is -2.24. The summed E-state index contributed by atoms with van der Waals surface area (Å²) in [5.41, 5.74) is 0. The second-order valence-corrected chi connectivity index (χ2v) is 13.3. The highest BCUT2D eigenvalue weighted by Crippen LogP contribution is 2.40. The van der Waals surface area contributed by atoms with Crippen molar-refractivity contribution in [1.29, 1.82) is 0 Å². The highest BCUT2D eigenvalue weighted by molar-refractivity contribution is 6.98. The number of hydrogen-bond donors (Lipinski definition) is 2. The first kappa shape index (κ1) is 26.0. The van der Waals surface area contributed by atoms with Crippen molar-refractivity contribution in [2.75, 3.05) is 0 Å². The van der Waals surface area contributed by atoms with Crippen molar-refractivity contribution in [2.24, 2.45) is 0 Å². The maximum atomic E-state index is 12.2. The number of benzene rings is 2. The molecule has 5 heteroatoms. The van der Waals surface area contributed by atoms with Gasteiger partial charge >= 0.3 is 5.97 Å². The molecule has 0 saturated carbocycles. The second-order valence-electron chi connectivity index (χ2n) is 9.38. The largest absolute Gasteiger partial charge is 0.481 e. The van der Waals surface area contributed by atoms with Gasteiger partial charge in [-0.25, -0.2) is 0 Å². The molecular weight excluding hydrogens is 416 g/mol. The van der Waals surface area contributed by atoms with E-state index in [1.54, 1.807) is 0 Å². The van der Waals surface area contributed by atoms with Gasteiger partial charge < -0.3 is 9.90 Å². The molecule has 2 N–H and O–H groups in total. The van der Waals surface area contributed by atoms with Gasteiger partial charge in [-0.05, 0) is 34.7 Å². The predicted octanol–water partition coefficient (Wildman–Crippen LogP) is 5.07. The Morgan fingerprint density at radius 1 is 0.719 bits per heavy atom. The Kier molecular flexibility index (Phi) is 10.3. The van der Waals surface area contributed by atoms with Gasteiger partial charge in [0.25, 0.3) is 8.32 Å². The molecule has 32 heavy (non-hydrogen) atoms. The van der Waals surface area contributed by atoms with Crippen molar-refractivity contribution >= 4 is 30.4 Å². The van der Waals surface area contributed by atoms with Crippen LogP contribution in [-0.2, 0) is 9.59 Å². The van der Waals surface area contributed by atoms with E-state index in [9.17, 15) is 14.4 Å². The van der Waals surface area contributed by atoms with Gasteiger partial charge in [0.05, 0.1) is 0 Å². The lowest BCUT2D eigenvalue weighted by atomic mass is 10.0. The molecule has 2 aromatic rings. The summed E-state index contributed by atoms with van der Waals surface area (Å²) >= 11 is 0. The Balaban J connectivity index is 1.83. The van der Waals surface area contributed by atoms with Crippen LogP contribution < -0.4 is 10.4 Å². The minimum Gasteiger partial charge on any atom is -0.481 e. The molecule has 2 rings (SSSR count). The zero-order chi connectivity index (χ0) is 23.5. The van der Waals surface area contributed by atoms with E-state index in [0.29, 0.717) is 19.3 Å². The van der Waals surface area contributed by atoms with Crippen LogP contribution in [0.2, 0.25) is 5.04 Å². The topological polar surface area (TPSA) is 74.6 Å². The van der Waals surface area contributed by atoms with Crippen molar-refractivity contribution in [3.63, 3.8) is 0 Å². The van der Waals surface area contributed by atoms with Crippen LogP contribution in [0.5, 0.6) is 0 Å². The fourth-order valence-corrected chi connectivity index (χ4v) is 8.25. The lowest BCUT2D eigenvalue weighted by Gasteiger charge is -2.41. The molecule has 174 valence electrons. The minimum absolute atomic E-state index is 0.0726. The van der Waals surface area contributed by atoms with Gasteiger partial charge in [0, 0.05) is 19.3 Å². The number of carbonyl (C=O) groups excluding carboxylic acids is 1. The van der Waals surface area contributed by atoms with E-state index in [4.69, 9.17) is 5.11 Å². The fraction of sp³-hybridized carbons (Fsp3) is 0.481. The molecular formula is C27H38O4Si. The standard InChI is InChI=1S/C27H38O4Si/c1-27(2,22-13-5-3-4-8-15-23(28)16-14-21-26(29)30)32(31,24-17-9-6-10-18-24)25-19-11-7-12-20-25/h6-7,9-12,17-20,31H,3-5,8,13-16,21-22H2,1-2H3,(H,29,30). The summed E-state index contributed by atoms with van der Waals surface area (Å²) in [7, 11) is -2.93. The van der Waals surface area contributed by atoms with Crippen LogP contribution in [-0.4, -0.2) is 30.0 Å². The predicted molar refractivity (Wildman–Crippen MR) is 133 cm³/mol. The molecule has 0 fully saturated rings. The lowest BCUT2D eigenvalue weighted by molar-refractivity contribution is -0.137. The molecule has 0 aliphatic carbocycles. The number of unbranched alkanes of at least 4 members (excludes halogenated alkanes) is 4. The number of carbonyl (C=O) groups is 2. The number of carboxylic acids is 1. The third-order valence-corrected chi connectivity index (χ3v) is 11.0. The summed E-state index contributed by atoms with van der Waals surface area (Å²) in [6, 6.07) is 20.3. The molecule has 0 heterocycles. The van der Waals surface area contributed by atoms with E-state index >= 15 is 0 Å². The summed E-state index contributed by atoms with van der Waals surface area (Å²) in [4.78, 5) is 34.5. The molecule has 0 bridgehead atoms. The van der Waals surface area contributed by atoms with Gasteiger partial charge in [-0.1, -0.05) is 100 Å². The molecule has 2 aromatic carbocycles. The summed E-state index contributed by atoms with van der Waals surface area (Å²) in [6.45, 7) is 4.41. The van der Waals surface area contributed by atoms with E-state index in [2.05, 4.69) is 38.1 Å². The number of hydrogen-bond acceptors (Lipinski definition) is 3. The molecule has 0 saturated heterocycles. The van der Waals surface area contributed by atoms with Crippen LogP contribution >= 0.6 is 0 Å². The SMILES string of the molecule is CC(C)(CCCCCCCC(=O)CCCC(=O)O)[Si](O)(c1ccccc1)c1ccccc1. The van der Waals surface area contributed by atoms with Crippen molar-refractivity contribution in [1.82, 2.24) is 0 Å². The smallest absolute Gasteiger partial charge is 0.303 e. The van der Waals surface area contributed by atoms with E-state index in [0.717, 1.165) is 48.9 Å². The number of carboxylic acid groups (broad SMARTS) is 1. The molecule has 0 aliphatic rings. The van der Waals surface area contributed by atoms with Crippen molar-refractivity contribution in [2.45, 2.75) is 83.1 Å². The van der Waals surface area contributed by atoms with Crippen LogP contribution in [0.3, 0.4) is 0 Å². The average molecular weight is 455 g/mol. The van der Waals surface area contributed by atoms with Crippen molar-refractivity contribution in [3.8, 4) is 0 Å². The molecule has 0 radical (unpaired) electrons. The lowest BCUT2D eigenvalue weighted by Crippen LogP contribution is -2.65. The van der Waals surface area contributed by atoms with Gasteiger partial charge in [0.1, 0.15) is 5.78 Å². The van der Waals surface area contributed by atoms with Crippen LogP contribution in [0.4, 0.5) is 0 Å². The molecule has 0 aromatic heterocycles. The maximum Gasteiger partial charge on any atom is 0.303 e. The first-order chi connectivity index (χ1) is 15.3. The molecule has 4 nitrogen and oxygen atoms in total. The summed E-state index contributed by atoms with van der Waals surface area (Å²) < 4.78 is 0. The summed E-state index contributed by atoms with van der Waals surface area (Å²) in [5.74, 6) is -0.663. The van der Waals surface area contributed by atoms with Gasteiger partial charge in [0.2, 0.25) is 0 Å². The Bertz CT molecular complexity index is 794. The Morgan fingerprint density at radius 2 is 1.19 bits per heavy atom. The number of rotatable bonds is 15. The van der Waals surface area contributed by atoms with Gasteiger partial charge in [-0.3, -0.25) is 9.59 Å². The summed E-state index contributed by atoms with van der Waals surface area (Å²) in [5, 5.41) is 10.5. The highest BCUT2D eigenvalue weighted by atomic mass is 28.4. The third-order valence-electron chi connectivity index (χ3n) is 6.47. The summed E-state index contributed by atoms with van der Waals surface area (Å²) in [6.07, 6.45) is 7.51. The van der Waals surface area contributed by atoms with E-state index < -0.39 is 14.3 Å². The van der Waals surface area contributed by atoms with Crippen molar-refractivity contribution in [3.05, 3.63) is 60.7 Å². The first-order valence-electron chi connectivity index (χ1n) is 11.8. The second kappa shape index (κ2) is 12.7. The third kappa shape index (κ3) is 7.42. The minimum atomic E-state index is -2.93. The zero-order valence-electron chi connectivity index (χ0n) is 19.6. The van der Waals surface area contributed by atoms with Gasteiger partial charge in [-0.2, -0.15) is 0 Å². The van der Waals surface area contributed by atoms with E-state index in [1.165, 1.54) is 0 Å². The van der Waals surface area contributed by atoms with E-state index in [1.807, 2.05) is 36.4 Å². The highest BCUT2D eigenvalue weighted by Gasteiger charge is 2.49. The molecule has 0 atom stereocenters. The van der Waals surface area contributed by atoms with Crippen LogP contribution in [0.15, 0.2) is 60.7 Å². The molecule has 0 spiro atoms. The van der Waals surface area contributed by atoms with Gasteiger partial charge in [0.15, 0.2) is 0 Å². The quantitative estimate of drug-likeness (QED) is 0.291. The average Bonchev–Trinajstić information content (AvgIpc) is 2.78. The van der Waals surface area contributed by atoms with Gasteiger partial charge in [-0.15, -0.1) is 0 Å². The maximum absolute atomic E-state index is 12.2.